The van der Waals surface area contributed by atoms with Crippen molar-refractivity contribution in [3.8, 4) is 5.75 Å². The standard InChI is InChI=1S/C15H21BrN2O2/c1-10(19)18-14-12(20)6-5-11(16)13(14)15(9-17)7-3-2-4-8-15/h5-6,20H,2-4,7-9,17H2,1H3,(H,18,19). The maximum Gasteiger partial charge on any atom is 0.221 e. The fourth-order valence-electron chi connectivity index (χ4n) is 3.17. The number of halogens is 1. The number of phenolic OH excluding ortho intramolecular Hbond substituents is 1. The molecule has 1 aliphatic rings. The fraction of sp³-hybridized carbons (Fsp3) is 0.533. The van der Waals surface area contributed by atoms with Gasteiger partial charge in [-0.2, -0.15) is 0 Å². The lowest BCUT2D eigenvalue weighted by Gasteiger charge is -2.39. The summed E-state index contributed by atoms with van der Waals surface area (Å²) in [5.41, 5.74) is 7.34. The van der Waals surface area contributed by atoms with Gasteiger partial charge < -0.3 is 16.2 Å². The van der Waals surface area contributed by atoms with E-state index in [-0.39, 0.29) is 17.1 Å². The van der Waals surface area contributed by atoms with Crippen LogP contribution >= 0.6 is 15.9 Å². The summed E-state index contributed by atoms with van der Waals surface area (Å²) in [5.74, 6) is -0.0978. The second-order valence-electron chi connectivity index (χ2n) is 5.54. The Bertz CT molecular complexity index is 511. The second kappa shape index (κ2) is 6.14. The monoisotopic (exact) mass is 340 g/mol. The lowest BCUT2D eigenvalue weighted by atomic mass is 9.69. The molecule has 20 heavy (non-hydrogen) atoms. The van der Waals surface area contributed by atoms with Crippen molar-refractivity contribution in [3.05, 3.63) is 22.2 Å². The van der Waals surface area contributed by atoms with E-state index < -0.39 is 0 Å². The third kappa shape index (κ3) is 2.83. The molecular formula is C15H21BrN2O2. The minimum Gasteiger partial charge on any atom is -0.506 e. The molecule has 0 heterocycles. The van der Waals surface area contributed by atoms with E-state index in [0.29, 0.717) is 12.2 Å². The number of aromatic hydroxyl groups is 1. The quantitative estimate of drug-likeness (QED) is 0.739. The van der Waals surface area contributed by atoms with E-state index in [2.05, 4.69) is 21.2 Å². The average molecular weight is 341 g/mol. The Balaban J connectivity index is 2.58. The van der Waals surface area contributed by atoms with Crippen molar-refractivity contribution in [2.24, 2.45) is 5.73 Å². The van der Waals surface area contributed by atoms with Crippen molar-refractivity contribution in [1.29, 1.82) is 0 Å². The van der Waals surface area contributed by atoms with Gasteiger partial charge in [-0.1, -0.05) is 35.2 Å². The summed E-state index contributed by atoms with van der Waals surface area (Å²) in [6, 6.07) is 3.41. The van der Waals surface area contributed by atoms with Gasteiger partial charge in [0.1, 0.15) is 5.75 Å². The van der Waals surface area contributed by atoms with Gasteiger partial charge in [-0.05, 0) is 25.0 Å². The number of carbonyl (C=O) groups excluding carboxylic acids is 1. The van der Waals surface area contributed by atoms with Gasteiger partial charge in [-0.15, -0.1) is 0 Å². The highest BCUT2D eigenvalue weighted by atomic mass is 79.9. The molecule has 0 spiro atoms. The highest BCUT2D eigenvalue weighted by Crippen LogP contribution is 2.47. The van der Waals surface area contributed by atoms with Crippen LogP contribution in [0.1, 0.15) is 44.6 Å². The number of rotatable bonds is 3. The van der Waals surface area contributed by atoms with Crippen molar-refractivity contribution < 1.29 is 9.90 Å². The van der Waals surface area contributed by atoms with Crippen LogP contribution < -0.4 is 11.1 Å². The Hall–Kier alpha value is -1.07. The summed E-state index contributed by atoms with van der Waals surface area (Å²) < 4.78 is 0.895. The summed E-state index contributed by atoms with van der Waals surface area (Å²) >= 11 is 3.56. The average Bonchev–Trinajstić information content (AvgIpc) is 2.43. The molecule has 110 valence electrons. The maximum atomic E-state index is 11.4. The van der Waals surface area contributed by atoms with Crippen molar-refractivity contribution >= 4 is 27.5 Å². The van der Waals surface area contributed by atoms with Gasteiger partial charge in [0.2, 0.25) is 5.91 Å². The zero-order valence-electron chi connectivity index (χ0n) is 11.7. The van der Waals surface area contributed by atoms with Crippen molar-refractivity contribution in [3.63, 3.8) is 0 Å². The summed E-state index contributed by atoms with van der Waals surface area (Å²) in [6.07, 6.45) is 5.43. The van der Waals surface area contributed by atoms with E-state index in [1.165, 1.54) is 13.3 Å². The third-order valence-electron chi connectivity index (χ3n) is 4.17. The first-order valence-electron chi connectivity index (χ1n) is 7.00. The van der Waals surface area contributed by atoms with Gasteiger partial charge in [0.25, 0.3) is 0 Å². The van der Waals surface area contributed by atoms with Crippen LogP contribution in [0.5, 0.6) is 5.75 Å². The third-order valence-corrected chi connectivity index (χ3v) is 4.83. The lowest BCUT2D eigenvalue weighted by Crippen LogP contribution is -2.38. The van der Waals surface area contributed by atoms with Gasteiger partial charge in [0, 0.05) is 28.9 Å². The molecule has 4 N–H and O–H groups in total. The molecule has 2 rings (SSSR count). The van der Waals surface area contributed by atoms with E-state index in [1.54, 1.807) is 6.07 Å². The Morgan fingerprint density at radius 2 is 2.05 bits per heavy atom. The molecule has 0 aromatic heterocycles. The van der Waals surface area contributed by atoms with Crippen LogP contribution in [0.4, 0.5) is 5.69 Å². The van der Waals surface area contributed by atoms with Crippen molar-refractivity contribution in [1.82, 2.24) is 0 Å². The Labute approximate surface area is 127 Å². The molecule has 0 atom stereocenters. The van der Waals surface area contributed by atoms with Gasteiger partial charge in [-0.25, -0.2) is 0 Å². The molecular weight excluding hydrogens is 320 g/mol. The van der Waals surface area contributed by atoms with E-state index in [1.807, 2.05) is 6.07 Å². The number of phenols is 1. The Kier molecular flexibility index (Phi) is 4.70. The van der Waals surface area contributed by atoms with Crippen LogP contribution in [0.3, 0.4) is 0 Å². The van der Waals surface area contributed by atoms with Crippen LogP contribution in [0.15, 0.2) is 16.6 Å². The zero-order valence-corrected chi connectivity index (χ0v) is 13.3. The molecule has 1 aromatic carbocycles. The Morgan fingerprint density at radius 1 is 1.40 bits per heavy atom. The summed E-state index contributed by atoms with van der Waals surface area (Å²) in [7, 11) is 0. The van der Waals surface area contributed by atoms with Gasteiger partial charge in [-0.3, -0.25) is 4.79 Å². The number of hydrogen-bond donors (Lipinski definition) is 3. The SMILES string of the molecule is CC(=O)Nc1c(O)ccc(Br)c1C1(CN)CCCCC1. The predicted molar refractivity (Wildman–Crippen MR) is 83.9 cm³/mol. The van der Waals surface area contributed by atoms with Crippen LogP contribution in [0.2, 0.25) is 0 Å². The first-order valence-corrected chi connectivity index (χ1v) is 7.79. The van der Waals surface area contributed by atoms with Crippen LogP contribution in [-0.4, -0.2) is 17.6 Å². The molecule has 4 nitrogen and oxygen atoms in total. The maximum absolute atomic E-state index is 11.4. The minimum atomic E-state index is -0.192. The highest BCUT2D eigenvalue weighted by molar-refractivity contribution is 9.10. The first-order chi connectivity index (χ1) is 9.50. The summed E-state index contributed by atoms with van der Waals surface area (Å²) in [4.78, 5) is 11.4. The van der Waals surface area contributed by atoms with Gasteiger partial charge in [0.05, 0.1) is 5.69 Å². The Morgan fingerprint density at radius 3 is 2.60 bits per heavy atom. The topological polar surface area (TPSA) is 75.3 Å². The molecule has 5 heteroatoms. The number of benzene rings is 1. The summed E-state index contributed by atoms with van der Waals surface area (Å²) in [5, 5.41) is 12.9. The fourth-order valence-corrected chi connectivity index (χ4v) is 3.92. The molecule has 1 saturated carbocycles. The minimum absolute atomic E-state index is 0.0943. The molecule has 0 bridgehead atoms. The van der Waals surface area contributed by atoms with Gasteiger partial charge >= 0.3 is 0 Å². The normalized spacial score (nSPS) is 17.8. The smallest absolute Gasteiger partial charge is 0.221 e. The molecule has 1 aromatic rings. The zero-order chi connectivity index (χ0) is 14.8. The largest absolute Gasteiger partial charge is 0.506 e. The van der Waals surface area contributed by atoms with Crippen molar-refractivity contribution in [2.45, 2.75) is 44.4 Å². The number of amides is 1. The predicted octanol–water partition coefficient (Wildman–Crippen LogP) is 3.27. The highest BCUT2D eigenvalue weighted by Gasteiger charge is 2.37. The number of nitrogens with two attached hydrogens (primary N) is 1. The van der Waals surface area contributed by atoms with Crippen molar-refractivity contribution in [2.75, 3.05) is 11.9 Å². The van der Waals surface area contributed by atoms with E-state index in [0.717, 1.165) is 35.7 Å². The lowest BCUT2D eigenvalue weighted by molar-refractivity contribution is -0.114. The number of carbonyl (C=O) groups is 1. The van der Waals surface area contributed by atoms with E-state index in [4.69, 9.17) is 5.73 Å². The molecule has 1 fully saturated rings. The number of anilines is 1. The van der Waals surface area contributed by atoms with Crippen LogP contribution in [0, 0.1) is 0 Å². The molecule has 0 unspecified atom stereocenters. The summed E-state index contributed by atoms with van der Waals surface area (Å²) in [6.45, 7) is 1.96. The van der Waals surface area contributed by atoms with E-state index >= 15 is 0 Å². The van der Waals surface area contributed by atoms with Crippen LogP contribution in [0.25, 0.3) is 0 Å². The molecule has 1 aliphatic carbocycles. The second-order valence-corrected chi connectivity index (χ2v) is 6.40. The molecule has 1 amide bonds. The number of nitrogens with one attached hydrogen (secondary N) is 1. The van der Waals surface area contributed by atoms with Crippen LogP contribution in [-0.2, 0) is 10.2 Å². The van der Waals surface area contributed by atoms with E-state index in [9.17, 15) is 9.90 Å². The number of hydrogen-bond acceptors (Lipinski definition) is 3. The first kappa shape index (κ1) is 15.3. The molecule has 0 aliphatic heterocycles. The van der Waals surface area contributed by atoms with Gasteiger partial charge in [0.15, 0.2) is 0 Å². The molecule has 0 radical (unpaired) electrons. The molecule has 0 saturated heterocycles.